The van der Waals surface area contributed by atoms with Crippen LogP contribution < -0.4 is 20.5 Å². The largest absolute Gasteiger partial charge is 0.497 e. The summed E-state index contributed by atoms with van der Waals surface area (Å²) in [5, 5.41) is 0.512. The van der Waals surface area contributed by atoms with Crippen LogP contribution in [-0.2, 0) is 9.59 Å². The van der Waals surface area contributed by atoms with Gasteiger partial charge in [0.15, 0.2) is 0 Å². The number of nitrogens with one attached hydrogen (secondary N) is 2. The van der Waals surface area contributed by atoms with E-state index >= 15 is 0 Å². The Morgan fingerprint density at radius 2 is 1.89 bits per heavy atom. The molecule has 8 heteroatoms. The quantitative estimate of drug-likeness (QED) is 0.787. The summed E-state index contributed by atoms with van der Waals surface area (Å²) in [6.45, 7) is 0.231. The average Bonchev–Trinajstić information content (AvgIpc) is 3.08. The molecule has 1 saturated heterocycles. The summed E-state index contributed by atoms with van der Waals surface area (Å²) in [5.74, 6) is -0.977. The molecular formula is C19H18ClN3O4. The molecule has 0 radical (unpaired) electrons. The molecule has 1 aliphatic heterocycles. The Kier molecular flexibility index (Phi) is 5.61. The van der Waals surface area contributed by atoms with E-state index in [-0.39, 0.29) is 18.9 Å². The Hall–Kier alpha value is -3.06. The third kappa shape index (κ3) is 4.38. The van der Waals surface area contributed by atoms with Gasteiger partial charge in [-0.3, -0.25) is 25.2 Å². The van der Waals surface area contributed by atoms with Crippen molar-refractivity contribution in [2.45, 2.75) is 6.42 Å². The molecule has 0 aromatic heterocycles. The van der Waals surface area contributed by atoms with Gasteiger partial charge in [0.1, 0.15) is 5.75 Å². The third-order valence-electron chi connectivity index (χ3n) is 4.27. The van der Waals surface area contributed by atoms with Crippen LogP contribution >= 0.6 is 11.6 Å². The van der Waals surface area contributed by atoms with Crippen molar-refractivity contribution in [2.24, 2.45) is 5.92 Å². The summed E-state index contributed by atoms with van der Waals surface area (Å²) in [5.41, 5.74) is 5.76. The van der Waals surface area contributed by atoms with Crippen LogP contribution in [0.2, 0.25) is 5.02 Å². The second kappa shape index (κ2) is 8.09. The SMILES string of the molecule is COc1cccc(N2CC(C(=O)NNC(=O)c3ccc(Cl)cc3)CC2=O)c1. The van der Waals surface area contributed by atoms with Crippen LogP contribution in [0.5, 0.6) is 5.75 Å². The van der Waals surface area contributed by atoms with Gasteiger partial charge in [-0.05, 0) is 36.4 Å². The first-order chi connectivity index (χ1) is 13.0. The number of benzene rings is 2. The van der Waals surface area contributed by atoms with Crippen molar-refractivity contribution in [3.05, 3.63) is 59.1 Å². The predicted octanol–water partition coefficient (Wildman–Crippen LogP) is 2.16. The van der Waals surface area contributed by atoms with E-state index in [4.69, 9.17) is 16.3 Å². The van der Waals surface area contributed by atoms with Gasteiger partial charge in [-0.1, -0.05) is 17.7 Å². The summed E-state index contributed by atoms with van der Waals surface area (Å²) < 4.78 is 5.17. The highest BCUT2D eigenvalue weighted by Crippen LogP contribution is 2.27. The number of nitrogens with zero attached hydrogens (tertiary/aromatic N) is 1. The summed E-state index contributed by atoms with van der Waals surface area (Å²) in [6, 6.07) is 13.3. The van der Waals surface area contributed by atoms with Crippen LogP contribution in [-0.4, -0.2) is 31.4 Å². The van der Waals surface area contributed by atoms with Gasteiger partial charge in [0, 0.05) is 35.3 Å². The minimum Gasteiger partial charge on any atom is -0.497 e. The van der Waals surface area contributed by atoms with Crippen molar-refractivity contribution in [2.75, 3.05) is 18.6 Å². The second-order valence-corrected chi connectivity index (χ2v) is 6.49. The molecule has 1 aliphatic rings. The number of ether oxygens (including phenoxy) is 1. The predicted molar refractivity (Wildman–Crippen MR) is 101 cm³/mol. The van der Waals surface area contributed by atoms with E-state index in [1.165, 1.54) is 4.90 Å². The summed E-state index contributed by atoms with van der Waals surface area (Å²) in [7, 11) is 1.55. The number of carbonyl (C=O) groups is 3. The second-order valence-electron chi connectivity index (χ2n) is 6.06. The number of hydrogen-bond donors (Lipinski definition) is 2. The molecule has 1 heterocycles. The standard InChI is InChI=1S/C19H18ClN3O4/c1-27-16-4-2-3-15(10-16)23-11-13(9-17(23)24)19(26)22-21-18(25)12-5-7-14(20)8-6-12/h2-8,10,13H,9,11H2,1H3,(H,21,25)(H,22,26). The van der Waals surface area contributed by atoms with E-state index in [1.807, 2.05) is 0 Å². The van der Waals surface area contributed by atoms with E-state index < -0.39 is 17.7 Å². The van der Waals surface area contributed by atoms with E-state index in [0.29, 0.717) is 22.0 Å². The van der Waals surface area contributed by atoms with E-state index in [9.17, 15) is 14.4 Å². The minimum absolute atomic E-state index is 0.0693. The maximum Gasteiger partial charge on any atom is 0.269 e. The van der Waals surface area contributed by atoms with Gasteiger partial charge in [0.05, 0.1) is 13.0 Å². The Labute approximate surface area is 161 Å². The highest BCUT2D eigenvalue weighted by atomic mass is 35.5. The van der Waals surface area contributed by atoms with Gasteiger partial charge >= 0.3 is 0 Å². The first kappa shape index (κ1) is 18.7. The van der Waals surface area contributed by atoms with Crippen molar-refractivity contribution < 1.29 is 19.1 Å². The zero-order valence-electron chi connectivity index (χ0n) is 14.6. The monoisotopic (exact) mass is 387 g/mol. The normalized spacial score (nSPS) is 16.1. The van der Waals surface area contributed by atoms with E-state index in [2.05, 4.69) is 10.9 Å². The molecule has 0 saturated carbocycles. The number of carbonyl (C=O) groups excluding carboxylic acids is 3. The Morgan fingerprint density at radius 3 is 2.59 bits per heavy atom. The fraction of sp³-hybridized carbons (Fsp3) is 0.211. The van der Waals surface area contributed by atoms with Crippen LogP contribution in [0.4, 0.5) is 5.69 Å². The topological polar surface area (TPSA) is 87.7 Å². The highest BCUT2D eigenvalue weighted by molar-refractivity contribution is 6.30. The smallest absolute Gasteiger partial charge is 0.269 e. The Balaban J connectivity index is 1.58. The number of anilines is 1. The van der Waals surface area contributed by atoms with Crippen molar-refractivity contribution >= 4 is 35.0 Å². The fourth-order valence-corrected chi connectivity index (χ4v) is 2.93. The molecule has 2 aromatic rings. The number of amides is 3. The molecule has 1 fully saturated rings. The maximum absolute atomic E-state index is 12.3. The lowest BCUT2D eigenvalue weighted by molar-refractivity contribution is -0.126. The van der Waals surface area contributed by atoms with Gasteiger partial charge in [-0.15, -0.1) is 0 Å². The minimum atomic E-state index is -0.561. The first-order valence-corrected chi connectivity index (χ1v) is 8.66. The average molecular weight is 388 g/mol. The molecule has 140 valence electrons. The third-order valence-corrected chi connectivity index (χ3v) is 4.52. The number of rotatable bonds is 4. The molecule has 0 aliphatic carbocycles. The molecule has 2 aromatic carbocycles. The number of hydrazine groups is 1. The Morgan fingerprint density at radius 1 is 1.15 bits per heavy atom. The first-order valence-electron chi connectivity index (χ1n) is 8.28. The molecule has 7 nitrogen and oxygen atoms in total. The van der Waals surface area contributed by atoms with Crippen molar-refractivity contribution in [1.29, 1.82) is 0 Å². The van der Waals surface area contributed by atoms with Crippen LogP contribution in [0, 0.1) is 5.92 Å². The van der Waals surface area contributed by atoms with Crippen LogP contribution in [0.15, 0.2) is 48.5 Å². The fourth-order valence-electron chi connectivity index (χ4n) is 2.80. The molecule has 2 N–H and O–H groups in total. The zero-order chi connectivity index (χ0) is 19.4. The van der Waals surface area contributed by atoms with Crippen molar-refractivity contribution in [3.63, 3.8) is 0 Å². The highest BCUT2D eigenvalue weighted by Gasteiger charge is 2.35. The van der Waals surface area contributed by atoms with Gasteiger partial charge < -0.3 is 9.64 Å². The number of hydrogen-bond acceptors (Lipinski definition) is 4. The summed E-state index contributed by atoms with van der Waals surface area (Å²) in [6.07, 6.45) is 0.0693. The molecule has 27 heavy (non-hydrogen) atoms. The van der Waals surface area contributed by atoms with Gasteiger partial charge in [0.2, 0.25) is 11.8 Å². The number of halogens is 1. The van der Waals surface area contributed by atoms with Gasteiger partial charge in [0.25, 0.3) is 5.91 Å². The van der Waals surface area contributed by atoms with E-state index in [1.54, 1.807) is 55.6 Å². The Bertz CT molecular complexity index is 870. The lowest BCUT2D eigenvalue weighted by Gasteiger charge is -2.17. The van der Waals surface area contributed by atoms with Gasteiger partial charge in [-0.25, -0.2) is 0 Å². The summed E-state index contributed by atoms with van der Waals surface area (Å²) >= 11 is 5.78. The van der Waals surface area contributed by atoms with E-state index in [0.717, 1.165) is 0 Å². The maximum atomic E-state index is 12.3. The van der Waals surface area contributed by atoms with Crippen molar-refractivity contribution in [1.82, 2.24) is 10.9 Å². The molecule has 0 spiro atoms. The molecule has 0 bridgehead atoms. The number of methoxy groups -OCH3 is 1. The molecule has 1 atom stereocenters. The van der Waals surface area contributed by atoms with Crippen LogP contribution in [0.3, 0.4) is 0 Å². The molecule has 3 amide bonds. The van der Waals surface area contributed by atoms with Gasteiger partial charge in [-0.2, -0.15) is 0 Å². The lowest BCUT2D eigenvalue weighted by Crippen LogP contribution is -2.45. The molecule has 3 rings (SSSR count). The van der Waals surface area contributed by atoms with Crippen LogP contribution in [0.1, 0.15) is 16.8 Å². The molecule has 1 unspecified atom stereocenters. The van der Waals surface area contributed by atoms with Crippen LogP contribution in [0.25, 0.3) is 0 Å². The zero-order valence-corrected chi connectivity index (χ0v) is 15.3. The summed E-state index contributed by atoms with van der Waals surface area (Å²) in [4.78, 5) is 38.2. The molecular weight excluding hydrogens is 370 g/mol. The van der Waals surface area contributed by atoms with Crippen molar-refractivity contribution in [3.8, 4) is 5.75 Å². The lowest BCUT2D eigenvalue weighted by atomic mass is 10.1.